The summed E-state index contributed by atoms with van der Waals surface area (Å²) in [7, 11) is 0. The van der Waals surface area contributed by atoms with Gasteiger partial charge in [0.15, 0.2) is 0 Å². The predicted octanol–water partition coefficient (Wildman–Crippen LogP) is 3.85. The third-order valence-corrected chi connectivity index (χ3v) is 8.77. The molecule has 0 saturated carbocycles. The zero-order valence-corrected chi connectivity index (χ0v) is 12.4. The topological polar surface area (TPSA) is 0 Å². The van der Waals surface area contributed by atoms with E-state index in [0.717, 1.165) is 10.5 Å². The maximum Gasteiger partial charge on any atom is 0.0228 e. The molecular weight excluding hydrogens is 260 g/mol. The molecule has 0 radical (unpaired) electrons. The van der Waals surface area contributed by atoms with Crippen molar-refractivity contribution < 1.29 is 0 Å². The van der Waals surface area contributed by atoms with Crippen molar-refractivity contribution in [3.05, 3.63) is 0 Å². The normalized spacial score (nSPS) is 22.4. The average molecular weight is 281 g/mol. The van der Waals surface area contributed by atoms with Gasteiger partial charge in [0.1, 0.15) is 0 Å². The summed E-state index contributed by atoms with van der Waals surface area (Å²) < 4.78 is 0. The van der Waals surface area contributed by atoms with Crippen LogP contribution in [0.5, 0.6) is 0 Å². The first-order chi connectivity index (χ1) is 7.45. The Morgan fingerprint density at radius 2 is 1.20 bits per heavy atom. The van der Waals surface area contributed by atoms with Crippen LogP contribution in [0.25, 0.3) is 0 Å². The molecule has 4 heteroatoms. The van der Waals surface area contributed by atoms with Gasteiger partial charge in [0.2, 0.25) is 0 Å². The highest BCUT2D eigenvalue weighted by Gasteiger charge is 2.18. The van der Waals surface area contributed by atoms with E-state index in [4.69, 9.17) is 0 Å². The highest BCUT2D eigenvalue weighted by Crippen LogP contribution is 2.31. The minimum Gasteiger partial charge on any atom is -0.160 e. The summed E-state index contributed by atoms with van der Waals surface area (Å²) in [6.45, 7) is 0. The average Bonchev–Trinajstić information content (AvgIpc) is 2.09. The molecule has 0 aromatic carbocycles. The molecule has 2 rings (SSSR count). The summed E-state index contributed by atoms with van der Waals surface area (Å²) in [5, 5.41) is 2.02. The van der Waals surface area contributed by atoms with Crippen LogP contribution in [-0.4, -0.2) is 45.0 Å². The molecule has 0 N–H and O–H groups in total. The zero-order chi connectivity index (χ0) is 10.3. The lowest BCUT2D eigenvalue weighted by Gasteiger charge is -2.24. The van der Waals surface area contributed by atoms with Crippen LogP contribution < -0.4 is 0 Å². The van der Waals surface area contributed by atoms with Gasteiger partial charge >= 0.3 is 0 Å². The highest BCUT2D eigenvalue weighted by molar-refractivity contribution is 8.07. The van der Waals surface area contributed by atoms with Gasteiger partial charge < -0.3 is 0 Å². The van der Waals surface area contributed by atoms with Crippen LogP contribution >= 0.6 is 47.0 Å². The molecule has 15 heavy (non-hydrogen) atoms. The predicted molar refractivity (Wildman–Crippen MR) is 81.0 cm³/mol. The third-order valence-electron chi connectivity index (χ3n) is 2.71. The van der Waals surface area contributed by atoms with Crippen LogP contribution in [0.1, 0.15) is 19.3 Å². The molecule has 0 aliphatic carbocycles. The van der Waals surface area contributed by atoms with Crippen LogP contribution in [0, 0.1) is 0 Å². The van der Waals surface area contributed by atoms with Gasteiger partial charge in [-0.25, -0.2) is 0 Å². The van der Waals surface area contributed by atoms with Crippen LogP contribution in [0.3, 0.4) is 0 Å². The molecule has 0 aromatic rings. The van der Waals surface area contributed by atoms with E-state index in [2.05, 4.69) is 47.0 Å². The standard InChI is InChI=1S/C11H20S4/c1(2-4-14-10-6-12-7-10)3-5-15-11-8-13-9-11/h10-11H,1-9H2. The highest BCUT2D eigenvalue weighted by atomic mass is 32.2. The molecule has 2 aliphatic heterocycles. The molecule has 0 amide bonds. The maximum atomic E-state index is 2.21. The fraction of sp³-hybridized carbons (Fsp3) is 1.00. The SMILES string of the molecule is C(CCSC1CSC1)CCSC1CSC1. The van der Waals surface area contributed by atoms with Crippen molar-refractivity contribution >= 4 is 47.0 Å². The molecule has 0 spiro atoms. The lowest BCUT2D eigenvalue weighted by atomic mass is 10.3. The summed E-state index contributed by atoms with van der Waals surface area (Å²) in [4.78, 5) is 0. The van der Waals surface area contributed by atoms with E-state index in [1.165, 1.54) is 53.8 Å². The van der Waals surface area contributed by atoms with E-state index in [1.807, 2.05) is 0 Å². The monoisotopic (exact) mass is 280 g/mol. The lowest BCUT2D eigenvalue weighted by Crippen LogP contribution is -2.21. The fourth-order valence-electron chi connectivity index (χ4n) is 1.50. The van der Waals surface area contributed by atoms with Crippen molar-refractivity contribution in [2.45, 2.75) is 29.8 Å². The van der Waals surface area contributed by atoms with Crippen molar-refractivity contribution in [1.82, 2.24) is 0 Å². The summed E-state index contributed by atoms with van der Waals surface area (Å²) >= 11 is 8.63. The smallest absolute Gasteiger partial charge is 0.0228 e. The molecule has 0 nitrogen and oxygen atoms in total. The third kappa shape index (κ3) is 5.05. The number of rotatable bonds is 8. The molecule has 0 bridgehead atoms. The Hall–Kier alpha value is 1.40. The Balaban J connectivity index is 1.29. The Kier molecular flexibility index (Phi) is 6.57. The van der Waals surface area contributed by atoms with Gasteiger partial charge in [-0.2, -0.15) is 47.0 Å². The summed E-state index contributed by atoms with van der Waals surface area (Å²) in [5.41, 5.74) is 0. The fourth-order valence-corrected chi connectivity index (χ4v) is 6.46. The first-order valence-electron chi connectivity index (χ1n) is 5.84. The largest absolute Gasteiger partial charge is 0.160 e. The minimum absolute atomic E-state index is 1.01. The molecule has 2 aliphatic rings. The van der Waals surface area contributed by atoms with Crippen molar-refractivity contribution in [1.29, 1.82) is 0 Å². The van der Waals surface area contributed by atoms with E-state index in [-0.39, 0.29) is 0 Å². The lowest BCUT2D eigenvalue weighted by molar-refractivity contribution is 0.783. The minimum atomic E-state index is 1.01. The molecule has 0 aromatic heterocycles. The first kappa shape index (κ1) is 12.8. The summed E-state index contributed by atoms with van der Waals surface area (Å²) in [6, 6.07) is 0. The molecular formula is C11H20S4. The van der Waals surface area contributed by atoms with Crippen LogP contribution in [0.2, 0.25) is 0 Å². The Morgan fingerprint density at radius 1 is 0.733 bits per heavy atom. The van der Waals surface area contributed by atoms with Gasteiger partial charge in [-0.3, -0.25) is 0 Å². The van der Waals surface area contributed by atoms with E-state index < -0.39 is 0 Å². The molecule has 88 valence electrons. The van der Waals surface area contributed by atoms with Crippen LogP contribution in [-0.2, 0) is 0 Å². The molecule has 0 unspecified atom stereocenters. The van der Waals surface area contributed by atoms with Gasteiger partial charge in [-0.05, 0) is 24.3 Å². The quantitative estimate of drug-likeness (QED) is 0.619. The zero-order valence-electron chi connectivity index (χ0n) is 9.15. The van der Waals surface area contributed by atoms with Gasteiger partial charge in [0.05, 0.1) is 0 Å². The molecule has 2 fully saturated rings. The molecule has 2 heterocycles. The molecule has 0 atom stereocenters. The van der Waals surface area contributed by atoms with E-state index >= 15 is 0 Å². The number of hydrogen-bond donors (Lipinski definition) is 0. The van der Waals surface area contributed by atoms with Crippen molar-refractivity contribution in [3.63, 3.8) is 0 Å². The Morgan fingerprint density at radius 3 is 1.53 bits per heavy atom. The molecule has 2 saturated heterocycles. The second-order valence-electron chi connectivity index (χ2n) is 4.12. The number of unbranched alkanes of at least 4 members (excludes halogenated alkanes) is 2. The second-order valence-corrected chi connectivity index (χ2v) is 9.09. The van der Waals surface area contributed by atoms with Crippen molar-refractivity contribution in [2.75, 3.05) is 34.5 Å². The van der Waals surface area contributed by atoms with E-state index in [0.29, 0.717) is 0 Å². The van der Waals surface area contributed by atoms with Gasteiger partial charge in [0, 0.05) is 33.5 Å². The van der Waals surface area contributed by atoms with E-state index in [9.17, 15) is 0 Å². The van der Waals surface area contributed by atoms with Crippen molar-refractivity contribution in [2.24, 2.45) is 0 Å². The number of hydrogen-bond acceptors (Lipinski definition) is 4. The number of thioether (sulfide) groups is 4. The van der Waals surface area contributed by atoms with Crippen LogP contribution in [0.15, 0.2) is 0 Å². The first-order valence-corrected chi connectivity index (χ1v) is 10.2. The van der Waals surface area contributed by atoms with Gasteiger partial charge in [0.25, 0.3) is 0 Å². The summed E-state index contributed by atoms with van der Waals surface area (Å²) in [5.74, 6) is 8.49. The van der Waals surface area contributed by atoms with Gasteiger partial charge in [-0.1, -0.05) is 6.42 Å². The van der Waals surface area contributed by atoms with Crippen molar-refractivity contribution in [3.8, 4) is 0 Å². The van der Waals surface area contributed by atoms with Crippen LogP contribution in [0.4, 0.5) is 0 Å². The second kappa shape index (κ2) is 7.67. The maximum absolute atomic E-state index is 2.21. The van der Waals surface area contributed by atoms with E-state index in [1.54, 1.807) is 0 Å². The Bertz CT molecular complexity index is 148. The van der Waals surface area contributed by atoms with Gasteiger partial charge in [-0.15, -0.1) is 0 Å². The Labute approximate surface area is 111 Å². The summed E-state index contributed by atoms with van der Waals surface area (Å²) in [6.07, 6.45) is 4.36.